The number of alkyl carbamates (subject to hydrolysis) is 1. The van der Waals surface area contributed by atoms with Crippen LogP contribution in [0.3, 0.4) is 0 Å². The molecule has 1 aliphatic rings. The molecule has 16 heavy (non-hydrogen) atoms. The molecule has 0 aromatic carbocycles. The molecule has 1 amide bonds. The monoisotopic (exact) mass is 240 g/mol. The second kappa shape index (κ2) is 5.86. The lowest BCUT2D eigenvalue weighted by atomic mass is 10.1. The second-order valence-corrected chi connectivity index (χ2v) is 4.86. The Bertz CT molecular complexity index is 321. The highest BCUT2D eigenvalue weighted by Gasteiger charge is 2.15. The normalized spacial score (nSPS) is 17.0. The molecule has 0 unspecified atom stereocenters. The topological polar surface area (TPSA) is 50.4 Å². The highest BCUT2D eigenvalue weighted by molar-refractivity contribution is 7.09. The Morgan fingerprint density at radius 2 is 2.38 bits per heavy atom. The predicted molar refractivity (Wildman–Crippen MR) is 63.5 cm³/mol. The van der Waals surface area contributed by atoms with Crippen molar-refractivity contribution in [3.63, 3.8) is 0 Å². The third-order valence-electron chi connectivity index (χ3n) is 2.59. The van der Waals surface area contributed by atoms with E-state index in [0.717, 1.165) is 30.8 Å². The fourth-order valence-electron chi connectivity index (χ4n) is 1.71. The van der Waals surface area contributed by atoms with Gasteiger partial charge in [0.25, 0.3) is 0 Å². The number of ether oxygens (including phenoxy) is 1. The quantitative estimate of drug-likeness (QED) is 0.846. The van der Waals surface area contributed by atoms with Gasteiger partial charge in [0, 0.05) is 10.9 Å². The summed E-state index contributed by atoms with van der Waals surface area (Å²) in [5, 5.41) is 8.11. The third kappa shape index (κ3) is 3.50. The van der Waals surface area contributed by atoms with Gasteiger partial charge in [0.05, 0.1) is 0 Å². The minimum atomic E-state index is -0.305. The Morgan fingerprint density at radius 1 is 1.56 bits per heavy atom. The summed E-state index contributed by atoms with van der Waals surface area (Å²) in [6, 6.07) is 4.17. The van der Waals surface area contributed by atoms with E-state index in [0.29, 0.717) is 6.61 Å². The number of carbonyl (C=O) groups is 1. The van der Waals surface area contributed by atoms with Crippen LogP contribution in [-0.2, 0) is 11.3 Å². The molecule has 1 aliphatic heterocycles. The maximum atomic E-state index is 11.5. The molecule has 0 bridgehead atoms. The summed E-state index contributed by atoms with van der Waals surface area (Å²) in [7, 11) is 0. The molecule has 2 heterocycles. The summed E-state index contributed by atoms with van der Waals surface area (Å²) < 4.78 is 5.13. The van der Waals surface area contributed by atoms with E-state index in [1.54, 1.807) is 11.3 Å². The van der Waals surface area contributed by atoms with Crippen LogP contribution in [0.2, 0.25) is 0 Å². The number of thiophene rings is 1. The van der Waals surface area contributed by atoms with Gasteiger partial charge >= 0.3 is 6.09 Å². The zero-order valence-electron chi connectivity index (χ0n) is 9.07. The maximum absolute atomic E-state index is 11.5. The van der Waals surface area contributed by atoms with Crippen LogP contribution >= 0.6 is 11.3 Å². The molecule has 2 rings (SSSR count). The summed E-state index contributed by atoms with van der Waals surface area (Å²) in [4.78, 5) is 12.5. The van der Waals surface area contributed by atoms with Crippen LogP contribution in [0, 0.1) is 0 Å². The van der Waals surface area contributed by atoms with Crippen molar-refractivity contribution >= 4 is 17.4 Å². The van der Waals surface area contributed by atoms with Gasteiger partial charge in [-0.15, -0.1) is 11.3 Å². The minimum absolute atomic E-state index is 0.261. The molecule has 2 N–H and O–H groups in total. The van der Waals surface area contributed by atoms with Crippen molar-refractivity contribution in [2.75, 3.05) is 13.1 Å². The number of hydrogen-bond donors (Lipinski definition) is 2. The van der Waals surface area contributed by atoms with Crippen LogP contribution < -0.4 is 10.6 Å². The van der Waals surface area contributed by atoms with Gasteiger partial charge in [-0.25, -0.2) is 4.79 Å². The van der Waals surface area contributed by atoms with E-state index in [2.05, 4.69) is 10.6 Å². The Kier molecular flexibility index (Phi) is 4.18. The van der Waals surface area contributed by atoms with Crippen molar-refractivity contribution in [1.82, 2.24) is 10.6 Å². The Hall–Kier alpha value is -1.07. The molecule has 0 radical (unpaired) electrons. The molecule has 0 aliphatic carbocycles. The highest BCUT2D eigenvalue weighted by atomic mass is 32.1. The van der Waals surface area contributed by atoms with Gasteiger partial charge in [-0.3, -0.25) is 0 Å². The largest absolute Gasteiger partial charge is 0.444 e. The zero-order valence-corrected chi connectivity index (χ0v) is 9.89. The number of amides is 1. The molecule has 1 saturated heterocycles. The average molecular weight is 240 g/mol. The molecule has 4 nitrogen and oxygen atoms in total. The number of nitrogens with one attached hydrogen (secondary N) is 2. The third-order valence-corrected chi connectivity index (χ3v) is 3.44. The summed E-state index contributed by atoms with van der Waals surface area (Å²) in [5.41, 5.74) is 0. The van der Waals surface area contributed by atoms with E-state index in [9.17, 15) is 4.79 Å². The molecule has 0 atom stereocenters. The van der Waals surface area contributed by atoms with Gasteiger partial charge in [0.1, 0.15) is 6.61 Å². The van der Waals surface area contributed by atoms with E-state index in [1.807, 2.05) is 17.5 Å². The molecule has 5 heteroatoms. The Labute approximate surface area is 99.0 Å². The van der Waals surface area contributed by atoms with Gasteiger partial charge in [0.15, 0.2) is 0 Å². The molecule has 1 fully saturated rings. The molecule has 0 saturated carbocycles. The van der Waals surface area contributed by atoms with E-state index >= 15 is 0 Å². The summed E-state index contributed by atoms with van der Waals surface area (Å²) in [6.07, 6.45) is 1.66. The van der Waals surface area contributed by atoms with Crippen molar-refractivity contribution in [3.8, 4) is 0 Å². The minimum Gasteiger partial charge on any atom is -0.444 e. The SMILES string of the molecule is O=C(NC1CCNCC1)OCc1cccs1. The first-order valence-electron chi connectivity index (χ1n) is 5.51. The van der Waals surface area contributed by atoms with E-state index in [-0.39, 0.29) is 12.1 Å². The standard InChI is InChI=1S/C11H16N2O2S/c14-11(13-9-3-5-12-6-4-9)15-8-10-2-1-7-16-10/h1-2,7,9,12H,3-6,8H2,(H,13,14). The van der Waals surface area contributed by atoms with Gasteiger partial charge in [-0.05, 0) is 37.4 Å². The lowest BCUT2D eigenvalue weighted by Gasteiger charge is -2.23. The summed E-state index contributed by atoms with van der Waals surface area (Å²) in [5.74, 6) is 0. The van der Waals surface area contributed by atoms with Crippen LogP contribution in [0.5, 0.6) is 0 Å². The van der Waals surface area contributed by atoms with E-state index in [4.69, 9.17) is 4.74 Å². The first-order valence-corrected chi connectivity index (χ1v) is 6.39. The van der Waals surface area contributed by atoms with E-state index in [1.165, 1.54) is 0 Å². The van der Waals surface area contributed by atoms with Crippen molar-refractivity contribution in [2.24, 2.45) is 0 Å². The van der Waals surface area contributed by atoms with Crippen molar-refractivity contribution in [3.05, 3.63) is 22.4 Å². The lowest BCUT2D eigenvalue weighted by molar-refractivity contribution is 0.134. The Balaban J connectivity index is 1.67. The van der Waals surface area contributed by atoms with Crippen LogP contribution in [0.4, 0.5) is 4.79 Å². The maximum Gasteiger partial charge on any atom is 0.407 e. The molecule has 0 spiro atoms. The number of hydrogen-bond acceptors (Lipinski definition) is 4. The van der Waals surface area contributed by atoms with Crippen molar-refractivity contribution in [2.45, 2.75) is 25.5 Å². The smallest absolute Gasteiger partial charge is 0.407 e. The fraction of sp³-hybridized carbons (Fsp3) is 0.545. The van der Waals surface area contributed by atoms with Crippen molar-refractivity contribution in [1.29, 1.82) is 0 Å². The highest BCUT2D eigenvalue weighted by Crippen LogP contribution is 2.10. The molecule has 1 aromatic rings. The molecule has 1 aromatic heterocycles. The van der Waals surface area contributed by atoms with Gasteiger partial charge in [-0.1, -0.05) is 6.07 Å². The van der Waals surface area contributed by atoms with Crippen LogP contribution in [0.1, 0.15) is 17.7 Å². The first-order chi connectivity index (χ1) is 7.84. The average Bonchev–Trinajstić information content (AvgIpc) is 2.81. The van der Waals surface area contributed by atoms with Crippen molar-refractivity contribution < 1.29 is 9.53 Å². The number of carbonyl (C=O) groups excluding carboxylic acids is 1. The van der Waals surface area contributed by atoms with Crippen LogP contribution in [-0.4, -0.2) is 25.2 Å². The summed E-state index contributed by atoms with van der Waals surface area (Å²) >= 11 is 1.60. The van der Waals surface area contributed by atoms with Gasteiger partial charge < -0.3 is 15.4 Å². The van der Waals surface area contributed by atoms with Gasteiger partial charge in [-0.2, -0.15) is 0 Å². The van der Waals surface area contributed by atoms with Crippen LogP contribution in [0.25, 0.3) is 0 Å². The molecule has 88 valence electrons. The number of rotatable bonds is 3. The van der Waals surface area contributed by atoms with Crippen LogP contribution in [0.15, 0.2) is 17.5 Å². The predicted octanol–water partition coefficient (Wildman–Crippen LogP) is 1.73. The number of piperidine rings is 1. The molecular weight excluding hydrogens is 224 g/mol. The fourth-order valence-corrected chi connectivity index (χ4v) is 2.32. The zero-order chi connectivity index (χ0) is 11.2. The lowest BCUT2D eigenvalue weighted by Crippen LogP contribution is -2.42. The summed E-state index contributed by atoms with van der Waals surface area (Å²) in [6.45, 7) is 2.31. The first kappa shape index (κ1) is 11.4. The van der Waals surface area contributed by atoms with Gasteiger partial charge in [0.2, 0.25) is 0 Å². The Morgan fingerprint density at radius 3 is 3.06 bits per heavy atom. The van der Waals surface area contributed by atoms with E-state index < -0.39 is 0 Å². The second-order valence-electron chi connectivity index (χ2n) is 3.82. The molecular formula is C11H16N2O2S.